The second kappa shape index (κ2) is 7.84. The van der Waals surface area contributed by atoms with E-state index in [0.717, 1.165) is 17.3 Å². The van der Waals surface area contributed by atoms with Crippen molar-refractivity contribution < 1.29 is 0 Å². The topological polar surface area (TPSA) is 62.4 Å². The first-order chi connectivity index (χ1) is 8.58. The Morgan fingerprint density at radius 2 is 2.00 bits per heavy atom. The van der Waals surface area contributed by atoms with E-state index in [1.807, 2.05) is 0 Å². The number of nitrogens with one attached hydrogen (secondary N) is 2. The fourth-order valence-electron chi connectivity index (χ4n) is 1.25. The lowest BCUT2D eigenvalue weighted by atomic mass is 10.3. The van der Waals surface area contributed by atoms with Crippen LogP contribution in [0, 0.1) is 0 Å². The average molecular weight is 354 g/mol. The van der Waals surface area contributed by atoms with Gasteiger partial charge in [-0.15, -0.1) is 0 Å². The van der Waals surface area contributed by atoms with Crippen LogP contribution in [-0.2, 0) is 0 Å². The molecule has 0 saturated heterocycles. The molecule has 0 amide bonds. The molecule has 0 aliphatic rings. The molecule has 7 heteroatoms. The largest absolute Gasteiger partial charge is 0.323 e. The van der Waals surface area contributed by atoms with Gasteiger partial charge in [0.15, 0.2) is 0 Å². The number of aliphatic imine (C=N–C) groups is 1. The molecule has 0 radical (unpaired) electrons. The number of anilines is 1. The van der Waals surface area contributed by atoms with E-state index < -0.39 is 0 Å². The second-order valence-corrected chi connectivity index (χ2v) is 5.33. The fourth-order valence-corrected chi connectivity index (χ4v) is 2.55. The van der Waals surface area contributed by atoms with Crippen molar-refractivity contribution in [3.8, 4) is 0 Å². The molecule has 0 spiro atoms. The van der Waals surface area contributed by atoms with Crippen LogP contribution in [0.3, 0.4) is 0 Å². The molecule has 0 saturated carbocycles. The van der Waals surface area contributed by atoms with Crippen LogP contribution in [0.25, 0.3) is 0 Å². The van der Waals surface area contributed by atoms with Crippen molar-refractivity contribution in [2.24, 2.45) is 10.8 Å². The Morgan fingerprint density at radius 1 is 1.39 bits per heavy atom. The number of hydrogen-bond acceptors (Lipinski definition) is 2. The van der Waals surface area contributed by atoms with Gasteiger partial charge in [-0.25, -0.2) is 5.84 Å². The number of unbranched alkanes of at least 4 members (excludes halogenated alkanes) is 1. The smallest absolute Gasteiger partial charge is 0.210 e. The molecule has 1 aromatic rings. The molecule has 100 valence electrons. The summed E-state index contributed by atoms with van der Waals surface area (Å²) in [4.78, 5) is 4.27. The number of halogens is 3. The molecule has 0 atom stereocenters. The quantitative estimate of drug-likeness (QED) is 0.254. The van der Waals surface area contributed by atoms with Gasteiger partial charge in [-0.3, -0.25) is 10.4 Å². The van der Waals surface area contributed by atoms with Gasteiger partial charge in [0.2, 0.25) is 5.96 Å². The summed E-state index contributed by atoms with van der Waals surface area (Å²) in [5.74, 6) is 5.83. The van der Waals surface area contributed by atoms with Gasteiger partial charge < -0.3 is 5.32 Å². The molecule has 4 nitrogen and oxygen atoms in total. The zero-order chi connectivity index (χ0) is 13.5. The highest BCUT2D eigenvalue weighted by Gasteiger charge is 2.09. The lowest BCUT2D eigenvalue weighted by Crippen LogP contribution is -2.36. The van der Waals surface area contributed by atoms with Crippen molar-refractivity contribution in [1.29, 1.82) is 0 Å². The van der Waals surface area contributed by atoms with Crippen LogP contribution in [0.5, 0.6) is 0 Å². The molecule has 0 fully saturated rings. The highest BCUT2D eigenvalue weighted by atomic mass is 79.9. The number of rotatable bonds is 4. The Kier molecular flexibility index (Phi) is 6.78. The maximum Gasteiger partial charge on any atom is 0.210 e. The molecule has 4 N–H and O–H groups in total. The average Bonchev–Trinajstić information content (AvgIpc) is 2.31. The minimum absolute atomic E-state index is 0.439. The third-order valence-electron chi connectivity index (χ3n) is 2.17. The summed E-state index contributed by atoms with van der Waals surface area (Å²) in [6.07, 6.45) is 2.07. The molecule has 0 heterocycles. The lowest BCUT2D eigenvalue weighted by molar-refractivity contribution is 0.801. The summed E-state index contributed by atoms with van der Waals surface area (Å²) in [5, 5.41) is 3.97. The Labute approximate surface area is 125 Å². The van der Waals surface area contributed by atoms with Crippen molar-refractivity contribution in [2.75, 3.05) is 11.9 Å². The normalized spacial score (nSPS) is 11.5. The van der Waals surface area contributed by atoms with Gasteiger partial charge >= 0.3 is 0 Å². The van der Waals surface area contributed by atoms with Crippen molar-refractivity contribution in [2.45, 2.75) is 19.8 Å². The molecule has 0 bridgehead atoms. The second-order valence-electron chi connectivity index (χ2n) is 3.60. The molecule has 0 aliphatic heterocycles. The molecule has 1 aromatic carbocycles. The number of hydrogen-bond donors (Lipinski definition) is 3. The van der Waals surface area contributed by atoms with E-state index in [-0.39, 0.29) is 0 Å². The molecular formula is C11H15BrCl2N4. The van der Waals surface area contributed by atoms with E-state index in [4.69, 9.17) is 29.0 Å². The van der Waals surface area contributed by atoms with E-state index in [9.17, 15) is 0 Å². The molecule has 0 aromatic heterocycles. The number of benzene rings is 1. The van der Waals surface area contributed by atoms with Gasteiger partial charge in [-0.1, -0.05) is 52.5 Å². The predicted octanol–water partition coefficient (Wildman–Crippen LogP) is 3.79. The van der Waals surface area contributed by atoms with Crippen LogP contribution >= 0.6 is 39.1 Å². The summed E-state index contributed by atoms with van der Waals surface area (Å²) in [6, 6.07) is 3.49. The van der Waals surface area contributed by atoms with E-state index >= 15 is 0 Å². The first-order valence-electron chi connectivity index (χ1n) is 5.51. The van der Waals surface area contributed by atoms with Gasteiger partial charge in [0.25, 0.3) is 0 Å². The zero-order valence-electron chi connectivity index (χ0n) is 9.93. The number of nitrogens with two attached hydrogens (primary N) is 1. The molecular weight excluding hydrogens is 339 g/mol. The van der Waals surface area contributed by atoms with Crippen LogP contribution in [0.1, 0.15) is 19.8 Å². The first kappa shape index (κ1) is 15.6. The minimum Gasteiger partial charge on any atom is -0.323 e. The Bertz CT molecular complexity index is 414. The summed E-state index contributed by atoms with van der Waals surface area (Å²) >= 11 is 15.5. The van der Waals surface area contributed by atoms with Crippen LogP contribution in [0.2, 0.25) is 10.0 Å². The van der Waals surface area contributed by atoms with Crippen molar-refractivity contribution in [1.82, 2.24) is 5.43 Å². The summed E-state index contributed by atoms with van der Waals surface area (Å²) in [5.41, 5.74) is 3.07. The number of nitrogens with zero attached hydrogens (tertiary/aromatic N) is 1. The van der Waals surface area contributed by atoms with Gasteiger partial charge in [0.05, 0.1) is 15.7 Å². The number of hydrazine groups is 1. The molecule has 0 unspecified atom stereocenters. The van der Waals surface area contributed by atoms with Crippen molar-refractivity contribution in [3.63, 3.8) is 0 Å². The van der Waals surface area contributed by atoms with E-state index in [1.54, 1.807) is 12.1 Å². The summed E-state index contributed by atoms with van der Waals surface area (Å²) < 4.78 is 0.813. The highest BCUT2D eigenvalue weighted by Crippen LogP contribution is 2.33. The van der Waals surface area contributed by atoms with E-state index in [1.165, 1.54) is 0 Å². The SMILES string of the molecule is CCCCN=C(NN)Nc1c(Cl)cc(Br)cc1Cl. The standard InChI is InChI=1S/C11H15BrCl2N4/c1-2-3-4-16-11(18-15)17-10-8(13)5-7(12)6-9(10)14/h5-6H,2-4,15H2,1H3,(H2,16,17,18). The Hall–Kier alpha value is -0.490. The van der Waals surface area contributed by atoms with Crippen LogP contribution in [0.15, 0.2) is 21.6 Å². The molecule has 0 aliphatic carbocycles. The lowest BCUT2D eigenvalue weighted by Gasteiger charge is -2.12. The fraction of sp³-hybridized carbons (Fsp3) is 0.364. The van der Waals surface area contributed by atoms with Gasteiger partial charge in [0.1, 0.15) is 0 Å². The molecule has 1 rings (SSSR count). The number of guanidine groups is 1. The van der Waals surface area contributed by atoms with Crippen LogP contribution in [-0.4, -0.2) is 12.5 Å². The zero-order valence-corrected chi connectivity index (χ0v) is 13.0. The maximum atomic E-state index is 6.10. The first-order valence-corrected chi connectivity index (χ1v) is 7.06. The van der Waals surface area contributed by atoms with Crippen molar-refractivity contribution >= 4 is 50.8 Å². The third kappa shape index (κ3) is 4.65. The van der Waals surface area contributed by atoms with Crippen LogP contribution in [0.4, 0.5) is 5.69 Å². The summed E-state index contributed by atoms with van der Waals surface area (Å²) in [6.45, 7) is 2.79. The maximum absolute atomic E-state index is 6.10. The Morgan fingerprint density at radius 3 is 2.50 bits per heavy atom. The summed E-state index contributed by atoms with van der Waals surface area (Å²) in [7, 11) is 0. The minimum atomic E-state index is 0.439. The van der Waals surface area contributed by atoms with Gasteiger partial charge in [-0.05, 0) is 18.6 Å². The Balaban J connectivity index is 2.85. The predicted molar refractivity (Wildman–Crippen MR) is 82.3 cm³/mol. The third-order valence-corrected chi connectivity index (χ3v) is 3.22. The monoisotopic (exact) mass is 352 g/mol. The van der Waals surface area contributed by atoms with E-state index in [0.29, 0.717) is 28.2 Å². The van der Waals surface area contributed by atoms with Crippen molar-refractivity contribution in [3.05, 3.63) is 26.7 Å². The van der Waals surface area contributed by atoms with Gasteiger partial charge in [0, 0.05) is 11.0 Å². The molecule has 18 heavy (non-hydrogen) atoms. The van der Waals surface area contributed by atoms with Crippen LogP contribution < -0.4 is 16.6 Å². The highest BCUT2D eigenvalue weighted by molar-refractivity contribution is 9.10. The van der Waals surface area contributed by atoms with Gasteiger partial charge in [-0.2, -0.15) is 0 Å². The van der Waals surface area contributed by atoms with E-state index in [2.05, 4.69) is 38.6 Å².